The number of aromatic carboxylic acids is 1. The molecule has 0 saturated carbocycles. The van der Waals surface area contributed by atoms with E-state index in [1.165, 1.54) is 18.2 Å². The summed E-state index contributed by atoms with van der Waals surface area (Å²) in [6.45, 7) is 0.440. The molecule has 3 N–H and O–H groups in total. The predicted molar refractivity (Wildman–Crippen MR) is 123 cm³/mol. The molecule has 1 aromatic heterocycles. The van der Waals surface area contributed by atoms with Crippen LogP contribution in [0.3, 0.4) is 0 Å². The highest BCUT2D eigenvalue weighted by Gasteiger charge is 2.16. The molecule has 0 aliphatic rings. The monoisotopic (exact) mass is 441 g/mol. The molecule has 0 fully saturated rings. The molecule has 4 rings (SSSR count). The third-order valence-corrected chi connectivity index (χ3v) is 5.01. The van der Waals surface area contributed by atoms with E-state index < -0.39 is 17.8 Å². The first-order valence-electron chi connectivity index (χ1n) is 10.0. The molecule has 0 bridgehead atoms. The van der Waals surface area contributed by atoms with Crippen molar-refractivity contribution < 1.29 is 24.6 Å². The molecule has 0 aliphatic carbocycles. The number of aromatic nitrogens is 2. The van der Waals surface area contributed by atoms with Crippen molar-refractivity contribution in [2.45, 2.75) is 6.54 Å². The third kappa shape index (κ3) is 4.80. The minimum atomic E-state index is -1.17. The zero-order chi connectivity index (χ0) is 23.4. The zero-order valence-electron chi connectivity index (χ0n) is 17.3. The van der Waals surface area contributed by atoms with E-state index in [2.05, 4.69) is 10.3 Å². The van der Waals surface area contributed by atoms with E-state index >= 15 is 0 Å². The van der Waals surface area contributed by atoms with Gasteiger partial charge < -0.3 is 20.1 Å². The summed E-state index contributed by atoms with van der Waals surface area (Å²) < 4.78 is 1.91. The number of nitrogens with one attached hydrogen (secondary N) is 1. The number of nitrogens with zero attached hydrogens (tertiary/aromatic N) is 2. The van der Waals surface area contributed by atoms with Crippen LogP contribution in [-0.4, -0.2) is 37.6 Å². The Morgan fingerprint density at radius 3 is 2.24 bits per heavy atom. The Kier molecular flexibility index (Phi) is 5.99. The molecule has 0 spiro atoms. The van der Waals surface area contributed by atoms with Crippen molar-refractivity contribution in [2.75, 3.05) is 5.32 Å². The summed E-state index contributed by atoms with van der Waals surface area (Å²) in [6.07, 6.45) is 2.50. The van der Waals surface area contributed by atoms with Gasteiger partial charge in [-0.15, -0.1) is 0 Å². The molecular formula is C25H19N3O5. The smallest absolute Gasteiger partial charge is 0.336 e. The topological polar surface area (TPSA) is 122 Å². The SMILES string of the molecule is O=C(O)C=Cc1nc2ccccc2n1Cc1ccc(NC(=O)c2ccccc2C(=O)O)cc1. The molecule has 33 heavy (non-hydrogen) atoms. The second kappa shape index (κ2) is 9.19. The van der Waals surface area contributed by atoms with Crippen LogP contribution in [0.5, 0.6) is 0 Å². The van der Waals surface area contributed by atoms with Crippen LogP contribution in [0.25, 0.3) is 17.1 Å². The maximum absolute atomic E-state index is 12.6. The fraction of sp³-hybridized carbons (Fsp3) is 0.0400. The van der Waals surface area contributed by atoms with Crippen LogP contribution in [0.2, 0.25) is 0 Å². The van der Waals surface area contributed by atoms with Gasteiger partial charge in [0, 0.05) is 18.3 Å². The second-order valence-corrected chi connectivity index (χ2v) is 7.22. The highest BCUT2D eigenvalue weighted by molar-refractivity contribution is 6.10. The molecule has 8 nitrogen and oxygen atoms in total. The number of carbonyl (C=O) groups is 3. The van der Waals surface area contributed by atoms with Gasteiger partial charge in [0.05, 0.1) is 22.2 Å². The van der Waals surface area contributed by atoms with Crippen LogP contribution in [0.15, 0.2) is 78.9 Å². The Balaban J connectivity index is 1.56. The minimum absolute atomic E-state index is 0.0689. The first-order chi connectivity index (χ1) is 15.9. The molecule has 1 amide bonds. The van der Waals surface area contributed by atoms with Gasteiger partial charge in [-0.3, -0.25) is 4.79 Å². The molecule has 0 saturated heterocycles. The lowest BCUT2D eigenvalue weighted by molar-refractivity contribution is -0.131. The largest absolute Gasteiger partial charge is 0.478 e. The van der Waals surface area contributed by atoms with Crippen molar-refractivity contribution in [3.05, 3.63) is 101 Å². The van der Waals surface area contributed by atoms with Crippen LogP contribution in [0, 0.1) is 0 Å². The number of amides is 1. The minimum Gasteiger partial charge on any atom is -0.478 e. The van der Waals surface area contributed by atoms with E-state index in [4.69, 9.17) is 5.11 Å². The van der Waals surface area contributed by atoms with Gasteiger partial charge >= 0.3 is 11.9 Å². The average Bonchev–Trinajstić information content (AvgIpc) is 3.16. The molecule has 8 heteroatoms. The van der Waals surface area contributed by atoms with E-state index in [9.17, 15) is 19.5 Å². The Labute approximate surface area is 188 Å². The molecular weight excluding hydrogens is 422 g/mol. The Morgan fingerprint density at radius 1 is 0.879 bits per heavy atom. The summed E-state index contributed by atoms with van der Waals surface area (Å²) in [5.74, 6) is -2.22. The summed E-state index contributed by atoms with van der Waals surface area (Å²) in [7, 11) is 0. The number of anilines is 1. The van der Waals surface area contributed by atoms with E-state index in [1.807, 2.05) is 41.0 Å². The maximum atomic E-state index is 12.6. The second-order valence-electron chi connectivity index (χ2n) is 7.22. The number of fused-ring (bicyclic) bond motifs is 1. The van der Waals surface area contributed by atoms with Gasteiger partial charge in [0.2, 0.25) is 0 Å². The number of carboxylic acids is 2. The Morgan fingerprint density at radius 2 is 1.55 bits per heavy atom. The maximum Gasteiger partial charge on any atom is 0.336 e. The van der Waals surface area contributed by atoms with Crippen LogP contribution in [0.1, 0.15) is 32.1 Å². The van der Waals surface area contributed by atoms with Crippen molar-refractivity contribution >= 4 is 40.6 Å². The van der Waals surface area contributed by atoms with Gasteiger partial charge in [-0.25, -0.2) is 14.6 Å². The molecule has 0 radical (unpaired) electrons. The van der Waals surface area contributed by atoms with E-state index in [-0.39, 0.29) is 11.1 Å². The van der Waals surface area contributed by atoms with Crippen LogP contribution in [0.4, 0.5) is 5.69 Å². The zero-order valence-corrected chi connectivity index (χ0v) is 17.3. The number of carboxylic acid groups (broad SMARTS) is 2. The fourth-order valence-electron chi connectivity index (χ4n) is 3.48. The summed E-state index contributed by atoms with van der Waals surface area (Å²) in [5, 5.41) is 21.0. The summed E-state index contributed by atoms with van der Waals surface area (Å²) in [4.78, 5) is 39.4. The van der Waals surface area contributed by atoms with Crippen molar-refractivity contribution in [1.29, 1.82) is 0 Å². The Hall–Kier alpha value is -4.72. The predicted octanol–water partition coefficient (Wildman–Crippen LogP) is 4.13. The van der Waals surface area contributed by atoms with Gasteiger partial charge in [0.15, 0.2) is 0 Å². The fourth-order valence-corrected chi connectivity index (χ4v) is 3.48. The standard InChI is InChI=1S/C25H19N3O5/c29-23(30)14-13-22-27-20-7-3-4-8-21(20)28(22)15-16-9-11-17(12-10-16)26-24(31)18-5-1-2-6-19(18)25(32)33/h1-14H,15H2,(H,26,31)(H,29,30)(H,32,33). The highest BCUT2D eigenvalue weighted by Crippen LogP contribution is 2.20. The van der Waals surface area contributed by atoms with Crippen molar-refractivity contribution in [2.24, 2.45) is 0 Å². The van der Waals surface area contributed by atoms with Gasteiger partial charge in [-0.05, 0) is 48.0 Å². The third-order valence-electron chi connectivity index (χ3n) is 5.01. The lowest BCUT2D eigenvalue weighted by Crippen LogP contribution is -2.16. The Bertz CT molecular complexity index is 1390. The quantitative estimate of drug-likeness (QED) is 0.371. The van der Waals surface area contributed by atoms with E-state index in [1.54, 1.807) is 24.3 Å². The molecule has 164 valence electrons. The lowest BCUT2D eigenvalue weighted by Gasteiger charge is -2.10. The number of imidazole rings is 1. The van der Waals surface area contributed by atoms with Crippen molar-refractivity contribution in [3.63, 3.8) is 0 Å². The van der Waals surface area contributed by atoms with Gasteiger partial charge in [-0.1, -0.05) is 36.4 Å². The average molecular weight is 441 g/mol. The molecule has 0 aliphatic heterocycles. The number of carbonyl (C=O) groups excluding carboxylic acids is 1. The number of para-hydroxylation sites is 2. The summed E-state index contributed by atoms with van der Waals surface area (Å²) in [5.41, 5.74) is 3.06. The van der Waals surface area contributed by atoms with E-state index in [0.717, 1.165) is 22.7 Å². The van der Waals surface area contributed by atoms with Crippen molar-refractivity contribution in [3.8, 4) is 0 Å². The first-order valence-corrected chi connectivity index (χ1v) is 10.0. The van der Waals surface area contributed by atoms with Crippen LogP contribution >= 0.6 is 0 Å². The summed E-state index contributed by atoms with van der Waals surface area (Å²) >= 11 is 0. The van der Waals surface area contributed by atoms with Crippen LogP contribution < -0.4 is 5.32 Å². The number of hydrogen-bond donors (Lipinski definition) is 3. The van der Waals surface area contributed by atoms with Gasteiger partial charge in [0.1, 0.15) is 5.82 Å². The van der Waals surface area contributed by atoms with Crippen LogP contribution in [-0.2, 0) is 11.3 Å². The summed E-state index contributed by atoms with van der Waals surface area (Å²) in [6, 6.07) is 20.7. The first kappa shape index (κ1) is 21.5. The highest BCUT2D eigenvalue weighted by atomic mass is 16.4. The van der Waals surface area contributed by atoms with Gasteiger partial charge in [0.25, 0.3) is 5.91 Å². The normalized spacial score (nSPS) is 11.0. The molecule has 3 aromatic carbocycles. The van der Waals surface area contributed by atoms with Crippen molar-refractivity contribution in [1.82, 2.24) is 9.55 Å². The number of rotatable bonds is 7. The molecule has 1 heterocycles. The lowest BCUT2D eigenvalue weighted by atomic mass is 10.1. The van der Waals surface area contributed by atoms with Gasteiger partial charge in [-0.2, -0.15) is 0 Å². The molecule has 0 unspecified atom stereocenters. The number of benzene rings is 3. The number of aliphatic carboxylic acids is 1. The molecule has 0 atom stereocenters. The molecule has 4 aromatic rings. The number of hydrogen-bond acceptors (Lipinski definition) is 4. The van der Waals surface area contributed by atoms with E-state index in [0.29, 0.717) is 18.1 Å².